The van der Waals surface area contributed by atoms with Gasteiger partial charge < -0.3 is 5.32 Å². The Bertz CT molecular complexity index is 597. The highest BCUT2D eigenvalue weighted by atomic mass is 127. The minimum atomic E-state index is 0.519. The number of aromatic nitrogens is 2. The van der Waals surface area contributed by atoms with Gasteiger partial charge in [0.05, 0.1) is 9.26 Å². The highest BCUT2D eigenvalue weighted by molar-refractivity contribution is 14.1. The SMILES string of the molecule is CNc1nc(Cc2c(Cl)cccc2Cl)nc(C)c1I. The van der Waals surface area contributed by atoms with Crippen LogP contribution in [0.5, 0.6) is 0 Å². The summed E-state index contributed by atoms with van der Waals surface area (Å²) in [6.07, 6.45) is 0.519. The van der Waals surface area contributed by atoms with Crippen molar-refractivity contribution in [1.29, 1.82) is 0 Å². The van der Waals surface area contributed by atoms with Gasteiger partial charge in [0.25, 0.3) is 0 Å². The van der Waals surface area contributed by atoms with Gasteiger partial charge in [-0.25, -0.2) is 9.97 Å². The van der Waals surface area contributed by atoms with Crippen LogP contribution in [-0.4, -0.2) is 17.0 Å². The third-order valence-electron chi connectivity index (χ3n) is 2.70. The Hall–Kier alpha value is -0.590. The molecule has 0 aliphatic heterocycles. The van der Waals surface area contributed by atoms with Crippen LogP contribution in [0.15, 0.2) is 18.2 Å². The summed E-state index contributed by atoms with van der Waals surface area (Å²) < 4.78 is 1.02. The number of aryl methyl sites for hydroxylation is 1. The first kappa shape index (κ1) is 14.8. The standard InChI is InChI=1S/C13H12Cl2IN3/c1-7-12(16)13(17-2)19-11(18-7)6-8-9(14)4-3-5-10(8)15/h3-5H,6H2,1-2H3,(H,17,18,19). The number of anilines is 1. The molecule has 0 aliphatic carbocycles. The molecule has 3 nitrogen and oxygen atoms in total. The average Bonchev–Trinajstić information content (AvgIpc) is 2.38. The molecule has 19 heavy (non-hydrogen) atoms. The van der Waals surface area contributed by atoms with E-state index in [0.29, 0.717) is 22.3 Å². The average molecular weight is 408 g/mol. The van der Waals surface area contributed by atoms with E-state index in [0.717, 1.165) is 20.6 Å². The van der Waals surface area contributed by atoms with Gasteiger partial charge in [0.2, 0.25) is 0 Å². The zero-order valence-corrected chi connectivity index (χ0v) is 14.1. The molecule has 0 unspecified atom stereocenters. The van der Waals surface area contributed by atoms with Gasteiger partial charge in [-0.15, -0.1) is 0 Å². The van der Waals surface area contributed by atoms with Crippen LogP contribution in [0, 0.1) is 10.5 Å². The Morgan fingerprint density at radius 3 is 2.42 bits per heavy atom. The van der Waals surface area contributed by atoms with Crippen molar-refractivity contribution in [2.45, 2.75) is 13.3 Å². The lowest BCUT2D eigenvalue weighted by molar-refractivity contribution is 0.935. The molecular formula is C13H12Cl2IN3. The topological polar surface area (TPSA) is 37.8 Å². The van der Waals surface area contributed by atoms with Crippen molar-refractivity contribution in [3.05, 3.63) is 48.9 Å². The summed E-state index contributed by atoms with van der Waals surface area (Å²) >= 11 is 14.6. The summed E-state index contributed by atoms with van der Waals surface area (Å²) in [7, 11) is 1.84. The molecule has 1 aromatic carbocycles. The molecule has 2 aromatic rings. The molecule has 0 amide bonds. The fraction of sp³-hybridized carbons (Fsp3) is 0.231. The third kappa shape index (κ3) is 3.30. The first-order valence-corrected chi connectivity index (χ1v) is 7.50. The molecule has 1 aromatic heterocycles. The lowest BCUT2D eigenvalue weighted by Crippen LogP contribution is -2.06. The Balaban J connectivity index is 2.41. The maximum absolute atomic E-state index is 6.17. The van der Waals surface area contributed by atoms with Crippen LogP contribution in [0.25, 0.3) is 0 Å². The summed E-state index contributed by atoms with van der Waals surface area (Å²) in [6, 6.07) is 5.47. The summed E-state index contributed by atoms with van der Waals surface area (Å²) in [5, 5.41) is 4.34. The Kier molecular flexibility index (Phi) is 4.86. The highest BCUT2D eigenvalue weighted by Gasteiger charge is 2.12. The summed E-state index contributed by atoms with van der Waals surface area (Å²) in [4.78, 5) is 8.97. The number of nitrogens with zero attached hydrogens (tertiary/aromatic N) is 2. The van der Waals surface area contributed by atoms with Crippen molar-refractivity contribution in [2.24, 2.45) is 0 Å². The monoisotopic (exact) mass is 407 g/mol. The fourth-order valence-electron chi connectivity index (χ4n) is 1.72. The molecule has 0 saturated carbocycles. The van der Waals surface area contributed by atoms with Gasteiger partial charge in [-0.3, -0.25) is 0 Å². The number of nitrogens with one attached hydrogen (secondary N) is 1. The van der Waals surface area contributed by atoms with E-state index in [1.807, 2.05) is 32.2 Å². The van der Waals surface area contributed by atoms with Crippen LogP contribution in [0.1, 0.15) is 17.1 Å². The largest absolute Gasteiger partial charge is 0.372 e. The first-order chi connectivity index (χ1) is 9.02. The van der Waals surface area contributed by atoms with E-state index in [9.17, 15) is 0 Å². The smallest absolute Gasteiger partial charge is 0.143 e. The lowest BCUT2D eigenvalue weighted by Gasteiger charge is -2.10. The second kappa shape index (κ2) is 6.24. The van der Waals surface area contributed by atoms with E-state index in [2.05, 4.69) is 37.9 Å². The summed E-state index contributed by atoms with van der Waals surface area (Å²) in [6.45, 7) is 1.96. The van der Waals surface area contributed by atoms with Gasteiger partial charge in [0.1, 0.15) is 11.6 Å². The van der Waals surface area contributed by atoms with Crippen LogP contribution in [0.4, 0.5) is 5.82 Å². The van der Waals surface area contributed by atoms with E-state index < -0.39 is 0 Å². The van der Waals surface area contributed by atoms with E-state index in [1.165, 1.54) is 0 Å². The van der Waals surface area contributed by atoms with Crippen molar-refractivity contribution >= 4 is 51.6 Å². The summed E-state index contributed by atoms with van der Waals surface area (Å²) in [5.74, 6) is 1.53. The highest BCUT2D eigenvalue weighted by Crippen LogP contribution is 2.27. The maximum atomic E-state index is 6.17. The molecule has 0 spiro atoms. The minimum absolute atomic E-state index is 0.519. The molecule has 0 atom stereocenters. The van der Waals surface area contributed by atoms with Crippen LogP contribution < -0.4 is 5.32 Å². The van der Waals surface area contributed by atoms with Crippen molar-refractivity contribution in [1.82, 2.24) is 9.97 Å². The molecule has 0 fully saturated rings. The molecule has 1 N–H and O–H groups in total. The summed E-state index contributed by atoms with van der Waals surface area (Å²) in [5.41, 5.74) is 1.80. The molecular weight excluding hydrogens is 396 g/mol. The van der Waals surface area contributed by atoms with Gasteiger partial charge >= 0.3 is 0 Å². The Labute approximate surface area is 135 Å². The molecule has 0 bridgehead atoms. The van der Waals surface area contributed by atoms with Gasteiger partial charge in [-0.2, -0.15) is 0 Å². The van der Waals surface area contributed by atoms with Crippen LogP contribution in [-0.2, 0) is 6.42 Å². The van der Waals surface area contributed by atoms with Crippen LogP contribution in [0.2, 0.25) is 10.0 Å². The maximum Gasteiger partial charge on any atom is 0.143 e. The second-order valence-electron chi connectivity index (χ2n) is 4.01. The van der Waals surface area contributed by atoms with Crippen molar-refractivity contribution in [2.75, 3.05) is 12.4 Å². The number of rotatable bonds is 3. The van der Waals surface area contributed by atoms with Gasteiger partial charge in [0.15, 0.2) is 0 Å². The van der Waals surface area contributed by atoms with Crippen molar-refractivity contribution in [3.8, 4) is 0 Å². The van der Waals surface area contributed by atoms with E-state index >= 15 is 0 Å². The van der Waals surface area contributed by atoms with Crippen LogP contribution in [0.3, 0.4) is 0 Å². The van der Waals surface area contributed by atoms with Crippen LogP contribution >= 0.6 is 45.8 Å². The molecule has 0 radical (unpaired) electrons. The van der Waals surface area contributed by atoms with Gasteiger partial charge in [-0.05, 0) is 47.2 Å². The number of hydrogen-bond donors (Lipinski definition) is 1. The zero-order valence-electron chi connectivity index (χ0n) is 10.5. The molecule has 2 rings (SSSR count). The zero-order chi connectivity index (χ0) is 14.0. The number of hydrogen-bond acceptors (Lipinski definition) is 3. The van der Waals surface area contributed by atoms with Gasteiger partial charge in [-0.1, -0.05) is 29.3 Å². The van der Waals surface area contributed by atoms with E-state index in [4.69, 9.17) is 23.2 Å². The van der Waals surface area contributed by atoms with Gasteiger partial charge in [0, 0.05) is 23.5 Å². The van der Waals surface area contributed by atoms with E-state index in [-0.39, 0.29) is 0 Å². The Morgan fingerprint density at radius 1 is 1.21 bits per heavy atom. The molecule has 1 heterocycles. The molecule has 100 valence electrons. The van der Waals surface area contributed by atoms with E-state index in [1.54, 1.807) is 0 Å². The quantitative estimate of drug-likeness (QED) is 0.769. The predicted octanol–water partition coefficient (Wildman–Crippen LogP) is 4.33. The fourth-order valence-corrected chi connectivity index (χ4v) is 2.76. The van der Waals surface area contributed by atoms with Crippen molar-refractivity contribution < 1.29 is 0 Å². The number of benzene rings is 1. The molecule has 6 heteroatoms. The van der Waals surface area contributed by atoms with Crippen molar-refractivity contribution in [3.63, 3.8) is 0 Å². The molecule has 0 saturated heterocycles. The lowest BCUT2D eigenvalue weighted by atomic mass is 10.1. The Morgan fingerprint density at radius 2 is 1.84 bits per heavy atom. The molecule has 0 aliphatic rings. The second-order valence-corrected chi connectivity index (χ2v) is 5.91. The normalized spacial score (nSPS) is 10.6. The first-order valence-electron chi connectivity index (χ1n) is 5.66. The third-order valence-corrected chi connectivity index (χ3v) is 4.70. The number of halogens is 3. The minimum Gasteiger partial charge on any atom is -0.372 e. The predicted molar refractivity (Wildman–Crippen MR) is 88.3 cm³/mol.